The first kappa shape index (κ1) is 21.9. The molecular formula is C21H28F3NO4. The number of cyclic esters (lactones) is 1. The van der Waals surface area contributed by atoms with Gasteiger partial charge in [0.1, 0.15) is 6.61 Å². The predicted molar refractivity (Wildman–Crippen MR) is 99.5 cm³/mol. The fourth-order valence-electron chi connectivity index (χ4n) is 5.77. The van der Waals surface area contributed by atoms with Crippen LogP contribution >= 0.6 is 0 Å². The summed E-state index contributed by atoms with van der Waals surface area (Å²) in [6, 6.07) is -0.513. The van der Waals surface area contributed by atoms with Gasteiger partial charge >= 0.3 is 12.1 Å². The van der Waals surface area contributed by atoms with E-state index in [-0.39, 0.29) is 31.3 Å². The maximum atomic E-state index is 13.6. The Morgan fingerprint density at radius 3 is 2.69 bits per heavy atom. The molecular weight excluding hydrogens is 387 g/mol. The molecule has 3 rings (SSSR count). The van der Waals surface area contributed by atoms with Crippen LogP contribution in [-0.4, -0.2) is 41.9 Å². The molecule has 6 atom stereocenters. The lowest BCUT2D eigenvalue weighted by Gasteiger charge is -2.58. The van der Waals surface area contributed by atoms with E-state index < -0.39 is 35.1 Å². The van der Waals surface area contributed by atoms with Gasteiger partial charge in [0.05, 0.1) is 11.6 Å². The second-order valence-corrected chi connectivity index (χ2v) is 8.90. The van der Waals surface area contributed by atoms with Gasteiger partial charge in [-0.15, -0.1) is 0 Å². The van der Waals surface area contributed by atoms with Crippen LogP contribution in [-0.2, 0) is 14.3 Å². The maximum Gasteiger partial charge on any atom is 0.417 e. The molecule has 1 heterocycles. The number of carbonyl (C=O) groups is 2. The van der Waals surface area contributed by atoms with Gasteiger partial charge < -0.3 is 15.2 Å². The smallest absolute Gasteiger partial charge is 0.417 e. The van der Waals surface area contributed by atoms with Gasteiger partial charge in [-0.25, -0.2) is 4.79 Å². The number of rotatable bonds is 4. The second-order valence-electron chi connectivity index (χ2n) is 8.90. The van der Waals surface area contributed by atoms with Crippen molar-refractivity contribution in [3.63, 3.8) is 0 Å². The summed E-state index contributed by atoms with van der Waals surface area (Å²) in [6.45, 7) is 7.71. The Morgan fingerprint density at radius 2 is 2.07 bits per heavy atom. The Morgan fingerprint density at radius 1 is 1.38 bits per heavy atom. The molecule has 0 aromatic rings. The minimum atomic E-state index is -4.67. The molecule has 2 N–H and O–H groups in total. The van der Waals surface area contributed by atoms with E-state index in [9.17, 15) is 27.9 Å². The summed E-state index contributed by atoms with van der Waals surface area (Å²) in [6.07, 6.45) is -0.960. The van der Waals surface area contributed by atoms with Crippen LogP contribution in [0.15, 0.2) is 23.8 Å². The third-order valence-corrected chi connectivity index (χ3v) is 7.64. The van der Waals surface area contributed by atoms with Gasteiger partial charge in [0.2, 0.25) is 6.41 Å². The van der Waals surface area contributed by atoms with Crippen molar-refractivity contribution >= 4 is 12.4 Å². The Bertz CT molecular complexity index is 734. The van der Waals surface area contributed by atoms with E-state index in [1.54, 1.807) is 6.08 Å². The monoisotopic (exact) mass is 415 g/mol. The van der Waals surface area contributed by atoms with Gasteiger partial charge in [-0.2, -0.15) is 13.2 Å². The van der Waals surface area contributed by atoms with Crippen molar-refractivity contribution in [2.75, 3.05) is 6.61 Å². The van der Waals surface area contributed by atoms with Crippen molar-refractivity contribution in [2.45, 2.75) is 63.8 Å². The van der Waals surface area contributed by atoms with Gasteiger partial charge in [-0.05, 0) is 55.3 Å². The number of aliphatic hydroxyl groups is 1. The second kappa shape index (κ2) is 7.45. The van der Waals surface area contributed by atoms with Crippen LogP contribution in [0.2, 0.25) is 0 Å². The minimum Gasteiger partial charge on any atom is -0.460 e. The molecule has 1 saturated heterocycles. The van der Waals surface area contributed by atoms with E-state index in [2.05, 4.69) is 11.9 Å². The molecule has 0 unspecified atom stereocenters. The molecule has 0 radical (unpaired) electrons. The van der Waals surface area contributed by atoms with Gasteiger partial charge in [-0.3, -0.25) is 4.79 Å². The van der Waals surface area contributed by atoms with Crippen LogP contribution in [0.1, 0.15) is 46.0 Å². The van der Waals surface area contributed by atoms with Crippen LogP contribution in [0.25, 0.3) is 0 Å². The predicted octanol–water partition coefficient (Wildman–Crippen LogP) is 3.29. The number of esters is 1. The van der Waals surface area contributed by atoms with E-state index in [0.29, 0.717) is 31.2 Å². The first-order chi connectivity index (χ1) is 13.5. The van der Waals surface area contributed by atoms with Crippen molar-refractivity contribution in [2.24, 2.45) is 23.2 Å². The molecule has 0 aromatic carbocycles. The van der Waals surface area contributed by atoms with E-state index in [1.807, 2.05) is 6.92 Å². The highest BCUT2D eigenvalue weighted by Gasteiger charge is 2.65. The molecule has 8 heteroatoms. The number of amides is 1. The zero-order valence-electron chi connectivity index (χ0n) is 16.7. The molecule has 162 valence electrons. The average molecular weight is 415 g/mol. The Labute approximate surface area is 168 Å². The summed E-state index contributed by atoms with van der Waals surface area (Å²) in [7, 11) is 0. The molecule has 29 heavy (non-hydrogen) atoms. The topological polar surface area (TPSA) is 75.6 Å². The molecule has 1 amide bonds. The number of nitrogens with one attached hydrogen (secondary N) is 1. The first-order valence-corrected chi connectivity index (χ1v) is 9.99. The molecule has 0 aromatic heterocycles. The molecule has 0 spiro atoms. The molecule has 5 nitrogen and oxygen atoms in total. The molecule has 3 fully saturated rings. The summed E-state index contributed by atoms with van der Waals surface area (Å²) >= 11 is 0. The summed E-state index contributed by atoms with van der Waals surface area (Å²) < 4.78 is 45.7. The van der Waals surface area contributed by atoms with Crippen molar-refractivity contribution in [3.8, 4) is 0 Å². The summed E-state index contributed by atoms with van der Waals surface area (Å²) in [4.78, 5) is 22.8. The van der Waals surface area contributed by atoms with Crippen molar-refractivity contribution < 1.29 is 32.6 Å². The fourth-order valence-corrected chi connectivity index (χ4v) is 5.77. The highest BCUT2D eigenvalue weighted by Crippen LogP contribution is 2.62. The van der Waals surface area contributed by atoms with Gasteiger partial charge in [0.25, 0.3) is 0 Å². The summed E-state index contributed by atoms with van der Waals surface area (Å²) in [5.74, 6) is -1.84. The SMILES string of the molecule is C=C1CC[C@@H]2[C@@H](C)[C@@](O)(C(F)(F)F)CC[C@@]2(C)[C@@H]1C/C=C1/C(=O)OC[C@H]1NC=O. The van der Waals surface area contributed by atoms with Crippen LogP contribution in [0.3, 0.4) is 0 Å². The third kappa shape index (κ3) is 3.49. The molecule has 2 saturated carbocycles. The van der Waals surface area contributed by atoms with E-state index >= 15 is 0 Å². The van der Waals surface area contributed by atoms with Crippen molar-refractivity contribution in [1.82, 2.24) is 5.32 Å². The number of carbonyl (C=O) groups excluding carboxylic acids is 2. The van der Waals surface area contributed by atoms with Crippen LogP contribution in [0, 0.1) is 23.2 Å². The van der Waals surface area contributed by atoms with Crippen LogP contribution < -0.4 is 5.32 Å². The highest BCUT2D eigenvalue weighted by molar-refractivity contribution is 5.92. The number of hydrogen-bond donors (Lipinski definition) is 2. The average Bonchev–Trinajstić information content (AvgIpc) is 2.97. The molecule has 0 bridgehead atoms. The lowest BCUT2D eigenvalue weighted by Crippen LogP contribution is -2.61. The highest BCUT2D eigenvalue weighted by atomic mass is 19.4. The van der Waals surface area contributed by atoms with Crippen molar-refractivity contribution in [3.05, 3.63) is 23.8 Å². The standard InChI is InChI=1S/C21H28F3NO4/c1-12-4-6-16-13(2)20(28,21(22,23)24)9-8-19(16,3)15(12)7-5-14-17(25-11-26)10-29-18(14)27/h5,11,13,15-17,28H,1,4,6-10H2,2-3H3,(H,25,26)/b14-5+/t13-,15-,16-,17-,19+,20-/m1/s1. The lowest BCUT2D eigenvalue weighted by molar-refractivity contribution is -0.306. The Hall–Kier alpha value is -1.83. The maximum absolute atomic E-state index is 13.6. The van der Waals surface area contributed by atoms with Gasteiger partial charge in [-0.1, -0.05) is 32.1 Å². The zero-order chi connectivity index (χ0) is 21.6. The Kier molecular flexibility index (Phi) is 5.62. The number of hydrogen-bond acceptors (Lipinski definition) is 4. The normalized spacial score (nSPS) is 41.8. The molecule has 3 aliphatic rings. The molecule has 2 aliphatic carbocycles. The van der Waals surface area contributed by atoms with E-state index in [1.165, 1.54) is 6.92 Å². The largest absolute Gasteiger partial charge is 0.460 e. The third-order valence-electron chi connectivity index (χ3n) is 7.64. The van der Waals surface area contributed by atoms with E-state index in [0.717, 1.165) is 5.57 Å². The van der Waals surface area contributed by atoms with E-state index in [4.69, 9.17) is 4.74 Å². The number of allylic oxidation sites excluding steroid dienone is 2. The lowest BCUT2D eigenvalue weighted by atomic mass is 9.48. The van der Waals surface area contributed by atoms with Gasteiger partial charge in [0, 0.05) is 0 Å². The van der Waals surface area contributed by atoms with Crippen molar-refractivity contribution in [1.29, 1.82) is 0 Å². The first-order valence-electron chi connectivity index (χ1n) is 9.99. The molecule has 1 aliphatic heterocycles. The fraction of sp³-hybridized carbons (Fsp3) is 0.714. The number of alkyl halides is 3. The van der Waals surface area contributed by atoms with Crippen LogP contribution in [0.4, 0.5) is 13.2 Å². The number of halogens is 3. The zero-order valence-corrected chi connectivity index (χ0v) is 16.7. The quantitative estimate of drug-likeness (QED) is 0.320. The number of fused-ring (bicyclic) bond motifs is 1. The van der Waals surface area contributed by atoms with Gasteiger partial charge in [0.15, 0.2) is 5.60 Å². The Balaban J connectivity index is 1.87. The minimum absolute atomic E-state index is 0.0740. The van der Waals surface area contributed by atoms with Crippen LogP contribution in [0.5, 0.6) is 0 Å². The summed E-state index contributed by atoms with van der Waals surface area (Å²) in [5, 5.41) is 13.0. The summed E-state index contributed by atoms with van der Waals surface area (Å²) in [5.41, 5.74) is -1.81. The number of ether oxygens (including phenoxy) is 1.